The predicted molar refractivity (Wildman–Crippen MR) is 46.3 cm³/mol. The van der Waals surface area contributed by atoms with E-state index >= 15 is 0 Å². The predicted octanol–water partition coefficient (Wildman–Crippen LogP) is 1.07. The fraction of sp³-hybridized carbons (Fsp3) is 0.500. The van der Waals surface area contributed by atoms with E-state index in [0.717, 1.165) is 17.3 Å². The first kappa shape index (κ1) is 7.34. The highest BCUT2D eigenvalue weighted by atomic mass is 15.4. The SMILES string of the molecule is CC1=Cn2nc(C)nc2C(C)N1. The molecule has 1 atom stereocenters. The molecule has 1 N–H and O–H groups in total. The summed E-state index contributed by atoms with van der Waals surface area (Å²) in [4.78, 5) is 4.31. The molecule has 0 radical (unpaired) electrons. The second-order valence-corrected chi connectivity index (χ2v) is 3.14. The average molecular weight is 164 g/mol. The van der Waals surface area contributed by atoms with E-state index in [4.69, 9.17) is 0 Å². The van der Waals surface area contributed by atoms with Crippen molar-refractivity contribution in [1.82, 2.24) is 20.1 Å². The number of aromatic nitrogens is 3. The minimum absolute atomic E-state index is 0.260. The maximum atomic E-state index is 4.31. The smallest absolute Gasteiger partial charge is 0.154 e. The van der Waals surface area contributed by atoms with Gasteiger partial charge in [0.05, 0.1) is 6.04 Å². The number of hydrogen-bond donors (Lipinski definition) is 1. The largest absolute Gasteiger partial charge is 0.378 e. The molecule has 2 rings (SSSR count). The van der Waals surface area contributed by atoms with Gasteiger partial charge in [-0.15, -0.1) is 0 Å². The minimum Gasteiger partial charge on any atom is -0.378 e. The number of hydrogen-bond acceptors (Lipinski definition) is 3. The van der Waals surface area contributed by atoms with Crippen LogP contribution in [-0.4, -0.2) is 14.8 Å². The highest BCUT2D eigenvalue weighted by molar-refractivity contribution is 5.32. The van der Waals surface area contributed by atoms with Gasteiger partial charge in [-0.2, -0.15) is 5.10 Å². The molecule has 1 unspecified atom stereocenters. The monoisotopic (exact) mass is 164 g/mol. The third-order valence-electron chi connectivity index (χ3n) is 1.91. The number of aryl methyl sites for hydroxylation is 1. The molecule has 0 fully saturated rings. The second-order valence-electron chi connectivity index (χ2n) is 3.14. The first-order chi connectivity index (χ1) is 5.66. The quantitative estimate of drug-likeness (QED) is 0.623. The zero-order valence-electron chi connectivity index (χ0n) is 7.50. The number of nitrogens with zero attached hydrogens (tertiary/aromatic N) is 3. The maximum absolute atomic E-state index is 4.31. The highest BCUT2D eigenvalue weighted by Gasteiger charge is 2.17. The van der Waals surface area contributed by atoms with Crippen LogP contribution in [0.4, 0.5) is 0 Å². The average Bonchev–Trinajstić information content (AvgIpc) is 2.29. The van der Waals surface area contributed by atoms with Gasteiger partial charge in [0.25, 0.3) is 0 Å². The van der Waals surface area contributed by atoms with Crippen molar-refractivity contribution < 1.29 is 0 Å². The molecular formula is C8H12N4. The van der Waals surface area contributed by atoms with Crippen LogP contribution >= 0.6 is 0 Å². The van der Waals surface area contributed by atoms with Crippen LogP contribution in [0.25, 0.3) is 6.20 Å². The van der Waals surface area contributed by atoms with Crippen LogP contribution in [0.2, 0.25) is 0 Å². The summed E-state index contributed by atoms with van der Waals surface area (Å²) in [5.74, 6) is 1.81. The van der Waals surface area contributed by atoms with Crippen molar-refractivity contribution in [3.05, 3.63) is 17.3 Å². The van der Waals surface area contributed by atoms with Crippen molar-refractivity contribution in [3.8, 4) is 0 Å². The lowest BCUT2D eigenvalue weighted by atomic mass is 10.2. The molecule has 0 bridgehead atoms. The molecular weight excluding hydrogens is 152 g/mol. The van der Waals surface area contributed by atoms with Gasteiger partial charge in [0, 0.05) is 11.9 Å². The van der Waals surface area contributed by atoms with Crippen LogP contribution in [-0.2, 0) is 0 Å². The summed E-state index contributed by atoms with van der Waals surface area (Å²) in [5, 5.41) is 7.53. The van der Waals surface area contributed by atoms with Gasteiger partial charge in [0.1, 0.15) is 5.82 Å². The lowest BCUT2D eigenvalue weighted by Gasteiger charge is -2.19. The van der Waals surface area contributed by atoms with Crippen molar-refractivity contribution in [2.24, 2.45) is 0 Å². The molecule has 0 aromatic carbocycles. The summed E-state index contributed by atoms with van der Waals surface area (Å²) in [6.07, 6.45) is 1.95. The highest BCUT2D eigenvalue weighted by Crippen LogP contribution is 2.16. The van der Waals surface area contributed by atoms with Crippen LogP contribution in [0, 0.1) is 6.92 Å². The van der Waals surface area contributed by atoms with Crippen LogP contribution in [0.15, 0.2) is 5.70 Å². The Hall–Kier alpha value is -1.32. The van der Waals surface area contributed by atoms with Gasteiger partial charge in [0.15, 0.2) is 5.82 Å². The lowest BCUT2D eigenvalue weighted by Crippen LogP contribution is -2.24. The molecule has 0 saturated heterocycles. The Bertz CT molecular complexity index is 337. The van der Waals surface area contributed by atoms with Crippen LogP contribution < -0.4 is 5.32 Å². The van der Waals surface area contributed by atoms with Crippen molar-refractivity contribution >= 4 is 6.20 Å². The fourth-order valence-electron chi connectivity index (χ4n) is 1.46. The van der Waals surface area contributed by atoms with E-state index in [2.05, 4.69) is 22.3 Å². The number of allylic oxidation sites excluding steroid dienone is 1. The minimum atomic E-state index is 0.260. The number of rotatable bonds is 0. The van der Waals surface area contributed by atoms with E-state index in [1.165, 1.54) is 0 Å². The zero-order chi connectivity index (χ0) is 8.72. The Morgan fingerprint density at radius 1 is 1.50 bits per heavy atom. The number of fused-ring (bicyclic) bond motifs is 1. The Kier molecular flexibility index (Phi) is 1.43. The Morgan fingerprint density at radius 2 is 2.25 bits per heavy atom. The van der Waals surface area contributed by atoms with E-state index in [0.29, 0.717) is 0 Å². The summed E-state index contributed by atoms with van der Waals surface area (Å²) >= 11 is 0. The van der Waals surface area contributed by atoms with E-state index in [-0.39, 0.29) is 6.04 Å². The van der Waals surface area contributed by atoms with Crippen molar-refractivity contribution in [2.75, 3.05) is 0 Å². The summed E-state index contributed by atoms with van der Waals surface area (Å²) < 4.78 is 1.84. The Labute approximate surface area is 71.3 Å². The molecule has 1 aromatic heterocycles. The molecule has 0 aliphatic carbocycles. The fourth-order valence-corrected chi connectivity index (χ4v) is 1.46. The molecule has 0 spiro atoms. The molecule has 64 valence electrons. The Morgan fingerprint density at radius 3 is 3.00 bits per heavy atom. The van der Waals surface area contributed by atoms with Gasteiger partial charge >= 0.3 is 0 Å². The normalized spacial score (nSPS) is 21.2. The number of nitrogens with one attached hydrogen (secondary N) is 1. The van der Waals surface area contributed by atoms with Crippen molar-refractivity contribution in [1.29, 1.82) is 0 Å². The van der Waals surface area contributed by atoms with Gasteiger partial charge in [-0.05, 0) is 20.8 Å². The van der Waals surface area contributed by atoms with Crippen molar-refractivity contribution in [3.63, 3.8) is 0 Å². The van der Waals surface area contributed by atoms with E-state index in [9.17, 15) is 0 Å². The van der Waals surface area contributed by atoms with Crippen LogP contribution in [0.5, 0.6) is 0 Å². The van der Waals surface area contributed by atoms with Crippen molar-refractivity contribution in [2.45, 2.75) is 26.8 Å². The molecule has 4 nitrogen and oxygen atoms in total. The van der Waals surface area contributed by atoms with E-state index in [1.54, 1.807) is 0 Å². The third-order valence-corrected chi connectivity index (χ3v) is 1.91. The lowest BCUT2D eigenvalue weighted by molar-refractivity contribution is 0.575. The molecule has 1 aromatic rings. The van der Waals surface area contributed by atoms with Crippen LogP contribution in [0.3, 0.4) is 0 Å². The van der Waals surface area contributed by atoms with Gasteiger partial charge in [-0.3, -0.25) is 0 Å². The zero-order valence-corrected chi connectivity index (χ0v) is 7.50. The first-order valence-corrected chi connectivity index (χ1v) is 4.05. The molecule has 1 aliphatic rings. The summed E-state index contributed by atoms with van der Waals surface area (Å²) in [6.45, 7) is 6.01. The summed E-state index contributed by atoms with van der Waals surface area (Å²) in [6, 6.07) is 0.260. The molecule has 12 heavy (non-hydrogen) atoms. The topological polar surface area (TPSA) is 42.7 Å². The van der Waals surface area contributed by atoms with Gasteiger partial charge in [-0.25, -0.2) is 9.67 Å². The Balaban J connectivity index is 2.53. The second kappa shape index (κ2) is 2.33. The van der Waals surface area contributed by atoms with Gasteiger partial charge in [-0.1, -0.05) is 0 Å². The third kappa shape index (κ3) is 0.995. The summed E-state index contributed by atoms with van der Waals surface area (Å²) in [5.41, 5.74) is 1.12. The molecule has 2 heterocycles. The summed E-state index contributed by atoms with van der Waals surface area (Å²) in [7, 11) is 0. The van der Waals surface area contributed by atoms with E-state index < -0.39 is 0 Å². The molecule has 0 amide bonds. The van der Waals surface area contributed by atoms with Crippen LogP contribution in [0.1, 0.15) is 31.5 Å². The standard InChI is InChI=1S/C8H12N4/c1-5-4-12-8(6(2)9-5)10-7(3)11-12/h4,6,9H,1-3H3. The first-order valence-electron chi connectivity index (χ1n) is 4.05. The van der Waals surface area contributed by atoms with Gasteiger partial charge in [0.2, 0.25) is 0 Å². The van der Waals surface area contributed by atoms with Gasteiger partial charge < -0.3 is 5.32 Å². The molecule has 4 heteroatoms. The van der Waals surface area contributed by atoms with E-state index in [1.807, 2.05) is 24.7 Å². The maximum Gasteiger partial charge on any atom is 0.154 e. The molecule has 1 aliphatic heterocycles. The molecule has 0 saturated carbocycles.